The summed E-state index contributed by atoms with van der Waals surface area (Å²) in [5.41, 5.74) is 0. The molecule has 0 aliphatic carbocycles. The molecule has 0 saturated heterocycles. The van der Waals surface area contributed by atoms with Crippen molar-refractivity contribution in [3.05, 3.63) is 27.8 Å². The summed E-state index contributed by atoms with van der Waals surface area (Å²) in [5.74, 6) is 0.640. The Labute approximate surface area is 96.5 Å². The molecule has 0 unspecified atom stereocenters. The van der Waals surface area contributed by atoms with Crippen molar-refractivity contribution in [3.8, 4) is 5.75 Å². The van der Waals surface area contributed by atoms with Crippen LogP contribution in [0.25, 0.3) is 0 Å². The van der Waals surface area contributed by atoms with Crippen molar-refractivity contribution < 1.29 is 14.3 Å². The van der Waals surface area contributed by atoms with Crippen molar-refractivity contribution in [3.63, 3.8) is 0 Å². The van der Waals surface area contributed by atoms with Gasteiger partial charge in [0.15, 0.2) is 5.78 Å². The van der Waals surface area contributed by atoms with Gasteiger partial charge in [-0.1, -0.05) is 0 Å². The lowest BCUT2D eigenvalue weighted by molar-refractivity contribution is -0.124. The van der Waals surface area contributed by atoms with Crippen LogP contribution < -0.4 is 4.74 Å². The monoisotopic (exact) mass is 306 g/mol. The Hall–Kier alpha value is -0.620. The van der Waals surface area contributed by atoms with Crippen molar-refractivity contribution in [2.75, 3.05) is 20.3 Å². The molecule has 0 N–H and O–H groups in total. The fourth-order valence-corrected chi connectivity index (χ4v) is 1.26. The summed E-state index contributed by atoms with van der Waals surface area (Å²) < 4.78 is 11.1. The largest absolute Gasteiger partial charge is 0.486 e. The molecule has 1 aromatic rings. The Morgan fingerprint density at radius 3 is 2.50 bits per heavy atom. The molecule has 0 spiro atoms. The standard InChI is InChI=1S/C10H11IO3/c1-13-6-9(12)7-14-10-4-2-8(11)3-5-10/h2-5H,6-7H2,1H3. The van der Waals surface area contributed by atoms with Gasteiger partial charge in [0, 0.05) is 10.7 Å². The number of carbonyl (C=O) groups is 1. The molecule has 3 nitrogen and oxygen atoms in total. The van der Waals surface area contributed by atoms with E-state index in [-0.39, 0.29) is 19.0 Å². The van der Waals surface area contributed by atoms with Crippen LogP contribution in [0.3, 0.4) is 0 Å². The van der Waals surface area contributed by atoms with Gasteiger partial charge in [0.2, 0.25) is 0 Å². The molecule has 0 aliphatic heterocycles. The third-order valence-electron chi connectivity index (χ3n) is 1.52. The predicted molar refractivity (Wildman–Crippen MR) is 61.5 cm³/mol. The number of hydrogen-bond acceptors (Lipinski definition) is 3. The van der Waals surface area contributed by atoms with Crippen LogP contribution in [0.15, 0.2) is 24.3 Å². The number of rotatable bonds is 5. The minimum absolute atomic E-state index is 0.0638. The van der Waals surface area contributed by atoms with E-state index in [0.29, 0.717) is 5.75 Å². The van der Waals surface area contributed by atoms with Gasteiger partial charge < -0.3 is 9.47 Å². The first-order valence-corrected chi connectivity index (χ1v) is 5.19. The van der Waals surface area contributed by atoms with E-state index in [1.165, 1.54) is 7.11 Å². The van der Waals surface area contributed by atoms with Gasteiger partial charge in [-0.25, -0.2) is 0 Å². The number of halogens is 1. The van der Waals surface area contributed by atoms with E-state index < -0.39 is 0 Å². The zero-order valence-electron chi connectivity index (χ0n) is 7.83. The van der Waals surface area contributed by atoms with Crippen molar-refractivity contribution in [2.45, 2.75) is 0 Å². The number of hydrogen-bond donors (Lipinski definition) is 0. The number of ketones is 1. The normalized spacial score (nSPS) is 9.86. The van der Waals surface area contributed by atoms with Crippen molar-refractivity contribution >= 4 is 28.4 Å². The fraction of sp³-hybridized carbons (Fsp3) is 0.300. The lowest BCUT2D eigenvalue weighted by Gasteiger charge is -2.04. The van der Waals surface area contributed by atoms with Crippen LogP contribution in [0.4, 0.5) is 0 Å². The van der Waals surface area contributed by atoms with Crippen molar-refractivity contribution in [1.29, 1.82) is 0 Å². The molecule has 0 saturated carbocycles. The number of ether oxygens (including phenoxy) is 2. The minimum atomic E-state index is -0.0638. The molecular formula is C10H11IO3. The lowest BCUT2D eigenvalue weighted by Crippen LogP contribution is -2.16. The van der Waals surface area contributed by atoms with E-state index >= 15 is 0 Å². The third kappa shape index (κ3) is 4.06. The topological polar surface area (TPSA) is 35.5 Å². The zero-order chi connectivity index (χ0) is 10.4. The third-order valence-corrected chi connectivity index (χ3v) is 2.24. The van der Waals surface area contributed by atoms with Crippen LogP contribution in [-0.4, -0.2) is 26.1 Å². The molecule has 0 aromatic heterocycles. The number of Topliss-reactive ketones (excluding diaryl/α,β-unsaturated/α-hetero) is 1. The van der Waals surface area contributed by atoms with Gasteiger partial charge in [0.05, 0.1) is 0 Å². The highest BCUT2D eigenvalue weighted by Gasteiger charge is 2.01. The molecule has 14 heavy (non-hydrogen) atoms. The first-order chi connectivity index (χ1) is 6.72. The fourth-order valence-electron chi connectivity index (χ4n) is 0.897. The van der Waals surface area contributed by atoms with E-state index in [4.69, 9.17) is 4.74 Å². The SMILES string of the molecule is COCC(=O)COc1ccc(I)cc1. The van der Waals surface area contributed by atoms with Gasteiger partial charge >= 0.3 is 0 Å². The molecule has 0 heterocycles. The van der Waals surface area contributed by atoms with E-state index in [9.17, 15) is 4.79 Å². The summed E-state index contributed by atoms with van der Waals surface area (Å²) in [5, 5.41) is 0. The summed E-state index contributed by atoms with van der Waals surface area (Å²) >= 11 is 2.21. The van der Waals surface area contributed by atoms with Crippen molar-refractivity contribution in [2.24, 2.45) is 0 Å². The Bertz CT molecular complexity index is 295. The molecule has 0 fully saturated rings. The van der Waals surface area contributed by atoms with Crippen LogP contribution in [0.1, 0.15) is 0 Å². The second-order valence-electron chi connectivity index (χ2n) is 2.71. The van der Waals surface area contributed by atoms with Crippen molar-refractivity contribution in [1.82, 2.24) is 0 Å². The maximum atomic E-state index is 11.0. The van der Waals surface area contributed by atoms with E-state index in [1.54, 1.807) is 0 Å². The van der Waals surface area contributed by atoms with Crippen LogP contribution in [0.5, 0.6) is 5.75 Å². The molecule has 1 aromatic carbocycles. The molecule has 1 rings (SSSR count). The Morgan fingerprint density at radius 2 is 1.93 bits per heavy atom. The highest BCUT2D eigenvalue weighted by molar-refractivity contribution is 14.1. The van der Waals surface area contributed by atoms with Crippen LogP contribution in [0.2, 0.25) is 0 Å². The Morgan fingerprint density at radius 1 is 1.29 bits per heavy atom. The zero-order valence-corrected chi connectivity index (χ0v) is 9.98. The second kappa shape index (κ2) is 5.98. The molecule has 0 atom stereocenters. The van der Waals surface area contributed by atoms with Gasteiger partial charge in [0.25, 0.3) is 0 Å². The molecule has 0 bridgehead atoms. The number of carbonyl (C=O) groups excluding carboxylic acids is 1. The Kier molecular flexibility index (Phi) is 4.89. The predicted octanol–water partition coefficient (Wildman–Crippen LogP) is 1.89. The molecule has 0 aliphatic rings. The van der Waals surface area contributed by atoms with E-state index in [2.05, 4.69) is 27.3 Å². The van der Waals surface area contributed by atoms with E-state index in [1.807, 2.05) is 24.3 Å². The highest BCUT2D eigenvalue weighted by atomic mass is 127. The van der Waals surface area contributed by atoms with Gasteiger partial charge in [-0.05, 0) is 46.9 Å². The summed E-state index contributed by atoms with van der Waals surface area (Å²) in [6.07, 6.45) is 0. The first-order valence-electron chi connectivity index (χ1n) is 4.11. The number of methoxy groups -OCH3 is 1. The molecule has 0 amide bonds. The average molecular weight is 306 g/mol. The lowest BCUT2D eigenvalue weighted by atomic mass is 10.3. The quantitative estimate of drug-likeness (QED) is 0.779. The summed E-state index contributed by atoms with van der Waals surface area (Å²) in [6.45, 7) is 0.165. The maximum Gasteiger partial charge on any atom is 0.195 e. The molecule has 76 valence electrons. The van der Waals surface area contributed by atoms with E-state index in [0.717, 1.165) is 3.57 Å². The summed E-state index contributed by atoms with van der Waals surface area (Å²) in [7, 11) is 1.49. The summed E-state index contributed by atoms with van der Waals surface area (Å²) in [4.78, 5) is 11.0. The smallest absolute Gasteiger partial charge is 0.195 e. The summed E-state index contributed by atoms with van der Waals surface area (Å²) in [6, 6.07) is 7.52. The van der Waals surface area contributed by atoms with Crippen LogP contribution >= 0.6 is 22.6 Å². The molecule has 0 radical (unpaired) electrons. The molecular weight excluding hydrogens is 295 g/mol. The molecule has 4 heteroatoms. The Balaban J connectivity index is 2.38. The maximum absolute atomic E-state index is 11.0. The van der Waals surface area contributed by atoms with Gasteiger partial charge in [-0.3, -0.25) is 4.79 Å². The van der Waals surface area contributed by atoms with Gasteiger partial charge in [0.1, 0.15) is 19.0 Å². The van der Waals surface area contributed by atoms with Crippen LogP contribution in [0, 0.1) is 3.57 Å². The first kappa shape index (κ1) is 11.5. The average Bonchev–Trinajstić information content (AvgIpc) is 2.17. The van der Waals surface area contributed by atoms with Gasteiger partial charge in [-0.2, -0.15) is 0 Å². The van der Waals surface area contributed by atoms with Gasteiger partial charge in [-0.15, -0.1) is 0 Å². The van der Waals surface area contributed by atoms with Crippen LogP contribution in [-0.2, 0) is 9.53 Å². The second-order valence-corrected chi connectivity index (χ2v) is 3.96. The highest BCUT2D eigenvalue weighted by Crippen LogP contribution is 2.13. The minimum Gasteiger partial charge on any atom is -0.486 e. The number of benzene rings is 1.